The van der Waals surface area contributed by atoms with Crippen LogP contribution in [0.2, 0.25) is 0 Å². The smallest absolute Gasteiger partial charge is 0.0237 e. The zero-order chi connectivity index (χ0) is 13.0. The van der Waals surface area contributed by atoms with Gasteiger partial charge in [-0.25, -0.2) is 0 Å². The van der Waals surface area contributed by atoms with Crippen LogP contribution in [0.4, 0.5) is 0 Å². The lowest BCUT2D eigenvalue weighted by molar-refractivity contribution is 0.0443. The summed E-state index contributed by atoms with van der Waals surface area (Å²) in [5.41, 5.74) is 7.11. The van der Waals surface area contributed by atoms with E-state index in [0.717, 1.165) is 32.6 Å². The SMILES string of the molecule is CC1CN(C)C(CCN)CN1Cc1ccccc1. The molecule has 1 fully saturated rings. The molecule has 1 aromatic rings. The van der Waals surface area contributed by atoms with Crippen LogP contribution >= 0.6 is 0 Å². The summed E-state index contributed by atoms with van der Waals surface area (Å²) < 4.78 is 0. The van der Waals surface area contributed by atoms with Gasteiger partial charge in [0.25, 0.3) is 0 Å². The van der Waals surface area contributed by atoms with Gasteiger partial charge in [-0.1, -0.05) is 30.3 Å². The number of hydrogen-bond acceptors (Lipinski definition) is 3. The lowest BCUT2D eigenvalue weighted by atomic mass is 10.0. The predicted octanol–water partition coefficient (Wildman–Crippen LogP) is 1.54. The Kier molecular flexibility index (Phi) is 4.75. The Morgan fingerprint density at radius 2 is 1.94 bits per heavy atom. The highest BCUT2D eigenvalue weighted by molar-refractivity contribution is 5.14. The summed E-state index contributed by atoms with van der Waals surface area (Å²) in [5, 5.41) is 0. The monoisotopic (exact) mass is 247 g/mol. The third-order valence-corrected chi connectivity index (χ3v) is 3.97. The molecule has 0 saturated carbocycles. The number of piperazine rings is 1. The molecular formula is C15H25N3. The Morgan fingerprint density at radius 1 is 1.22 bits per heavy atom. The third kappa shape index (κ3) is 3.31. The minimum atomic E-state index is 0.606. The van der Waals surface area contributed by atoms with Crippen molar-refractivity contribution in [2.24, 2.45) is 5.73 Å². The van der Waals surface area contributed by atoms with E-state index in [1.54, 1.807) is 0 Å². The largest absolute Gasteiger partial charge is 0.330 e. The number of hydrogen-bond donors (Lipinski definition) is 1. The van der Waals surface area contributed by atoms with Crippen LogP contribution in [0, 0.1) is 0 Å². The fourth-order valence-electron chi connectivity index (χ4n) is 2.81. The van der Waals surface area contributed by atoms with E-state index >= 15 is 0 Å². The molecule has 1 aromatic carbocycles. The third-order valence-electron chi connectivity index (χ3n) is 3.97. The maximum Gasteiger partial charge on any atom is 0.0237 e. The van der Waals surface area contributed by atoms with Crippen molar-refractivity contribution in [1.82, 2.24) is 9.80 Å². The van der Waals surface area contributed by atoms with Crippen LogP contribution in [0.5, 0.6) is 0 Å². The van der Waals surface area contributed by atoms with Crippen LogP contribution in [0.3, 0.4) is 0 Å². The van der Waals surface area contributed by atoms with E-state index in [1.807, 2.05) is 0 Å². The molecule has 0 amide bonds. The molecule has 0 bridgehead atoms. The highest BCUT2D eigenvalue weighted by atomic mass is 15.3. The summed E-state index contributed by atoms with van der Waals surface area (Å²) in [7, 11) is 2.22. The van der Waals surface area contributed by atoms with Gasteiger partial charge in [0.05, 0.1) is 0 Å². The summed E-state index contributed by atoms with van der Waals surface area (Å²) in [6.07, 6.45) is 1.09. The second-order valence-corrected chi connectivity index (χ2v) is 5.43. The van der Waals surface area contributed by atoms with Gasteiger partial charge in [-0.15, -0.1) is 0 Å². The summed E-state index contributed by atoms with van der Waals surface area (Å²) in [6.45, 7) is 6.42. The normalized spacial score (nSPS) is 26.4. The molecule has 100 valence electrons. The molecule has 0 radical (unpaired) electrons. The average Bonchev–Trinajstić information content (AvgIpc) is 2.37. The first-order valence-electron chi connectivity index (χ1n) is 6.89. The fourth-order valence-corrected chi connectivity index (χ4v) is 2.81. The van der Waals surface area contributed by atoms with Gasteiger partial charge in [0.15, 0.2) is 0 Å². The summed E-state index contributed by atoms with van der Waals surface area (Å²) in [4.78, 5) is 5.04. The topological polar surface area (TPSA) is 32.5 Å². The lowest BCUT2D eigenvalue weighted by Crippen LogP contribution is -2.55. The van der Waals surface area contributed by atoms with Crippen LogP contribution in [0.25, 0.3) is 0 Å². The quantitative estimate of drug-likeness (QED) is 0.876. The van der Waals surface area contributed by atoms with E-state index < -0.39 is 0 Å². The Hall–Kier alpha value is -0.900. The maximum absolute atomic E-state index is 5.71. The molecule has 1 aliphatic rings. The van der Waals surface area contributed by atoms with Crippen molar-refractivity contribution in [2.45, 2.75) is 32.0 Å². The number of nitrogens with zero attached hydrogens (tertiary/aromatic N) is 2. The van der Waals surface area contributed by atoms with Crippen molar-refractivity contribution in [2.75, 3.05) is 26.7 Å². The Bertz CT molecular complexity index is 352. The number of nitrogens with two attached hydrogens (primary N) is 1. The number of benzene rings is 1. The summed E-state index contributed by atoms with van der Waals surface area (Å²) in [6, 6.07) is 12.0. The molecule has 2 N–H and O–H groups in total. The Morgan fingerprint density at radius 3 is 2.61 bits per heavy atom. The molecule has 3 heteroatoms. The molecular weight excluding hydrogens is 222 g/mol. The molecule has 18 heavy (non-hydrogen) atoms. The minimum Gasteiger partial charge on any atom is -0.330 e. The van der Waals surface area contributed by atoms with Crippen LogP contribution in [0.15, 0.2) is 30.3 Å². The van der Waals surface area contributed by atoms with Gasteiger partial charge in [-0.2, -0.15) is 0 Å². The minimum absolute atomic E-state index is 0.606. The van der Waals surface area contributed by atoms with Gasteiger partial charge in [0, 0.05) is 31.7 Å². The molecule has 1 heterocycles. The molecule has 2 atom stereocenters. The van der Waals surface area contributed by atoms with Gasteiger partial charge in [0.1, 0.15) is 0 Å². The van der Waals surface area contributed by atoms with E-state index in [0.29, 0.717) is 12.1 Å². The van der Waals surface area contributed by atoms with Gasteiger partial charge in [-0.3, -0.25) is 4.90 Å². The first kappa shape index (κ1) is 13.5. The van der Waals surface area contributed by atoms with Crippen LogP contribution in [0.1, 0.15) is 18.9 Å². The van der Waals surface area contributed by atoms with Crippen molar-refractivity contribution in [3.63, 3.8) is 0 Å². The summed E-state index contributed by atoms with van der Waals surface area (Å²) >= 11 is 0. The molecule has 1 aliphatic heterocycles. The zero-order valence-electron chi connectivity index (χ0n) is 11.5. The number of likely N-dealkylation sites (N-methyl/N-ethyl adjacent to an activating group) is 1. The molecule has 2 unspecified atom stereocenters. The first-order chi connectivity index (χ1) is 8.70. The second-order valence-electron chi connectivity index (χ2n) is 5.43. The molecule has 3 nitrogen and oxygen atoms in total. The Balaban J connectivity index is 1.99. The molecule has 2 rings (SSSR count). The number of rotatable bonds is 4. The highest BCUT2D eigenvalue weighted by Gasteiger charge is 2.28. The van der Waals surface area contributed by atoms with E-state index in [-0.39, 0.29) is 0 Å². The van der Waals surface area contributed by atoms with Crippen LogP contribution in [-0.2, 0) is 6.54 Å². The van der Waals surface area contributed by atoms with Crippen LogP contribution in [-0.4, -0.2) is 48.6 Å². The fraction of sp³-hybridized carbons (Fsp3) is 0.600. The molecule has 1 saturated heterocycles. The van der Waals surface area contributed by atoms with Gasteiger partial charge in [-0.05, 0) is 32.5 Å². The van der Waals surface area contributed by atoms with Crippen LogP contribution < -0.4 is 5.73 Å². The van der Waals surface area contributed by atoms with Crippen molar-refractivity contribution >= 4 is 0 Å². The van der Waals surface area contributed by atoms with E-state index in [2.05, 4.69) is 54.1 Å². The van der Waals surface area contributed by atoms with Crippen molar-refractivity contribution < 1.29 is 0 Å². The Labute approximate surface area is 111 Å². The zero-order valence-corrected chi connectivity index (χ0v) is 11.5. The van der Waals surface area contributed by atoms with Crippen molar-refractivity contribution in [3.8, 4) is 0 Å². The first-order valence-corrected chi connectivity index (χ1v) is 6.89. The molecule has 0 aromatic heterocycles. The van der Waals surface area contributed by atoms with Gasteiger partial charge < -0.3 is 10.6 Å². The maximum atomic E-state index is 5.71. The average molecular weight is 247 g/mol. The van der Waals surface area contributed by atoms with Gasteiger partial charge >= 0.3 is 0 Å². The molecule has 0 spiro atoms. The van der Waals surface area contributed by atoms with E-state index in [4.69, 9.17) is 5.73 Å². The van der Waals surface area contributed by atoms with Gasteiger partial charge in [0.2, 0.25) is 0 Å². The highest BCUT2D eigenvalue weighted by Crippen LogP contribution is 2.18. The van der Waals surface area contributed by atoms with E-state index in [9.17, 15) is 0 Å². The molecule has 0 aliphatic carbocycles. The predicted molar refractivity (Wildman–Crippen MR) is 76.4 cm³/mol. The van der Waals surface area contributed by atoms with Crippen molar-refractivity contribution in [1.29, 1.82) is 0 Å². The standard InChI is InChI=1S/C15H25N3/c1-13-10-17(2)15(8-9-16)12-18(13)11-14-6-4-3-5-7-14/h3-7,13,15H,8-12,16H2,1-2H3. The lowest BCUT2D eigenvalue weighted by Gasteiger charge is -2.44. The second kappa shape index (κ2) is 6.32. The van der Waals surface area contributed by atoms with E-state index in [1.165, 1.54) is 5.56 Å². The summed E-state index contributed by atoms with van der Waals surface area (Å²) in [5.74, 6) is 0. The van der Waals surface area contributed by atoms with Crippen molar-refractivity contribution in [3.05, 3.63) is 35.9 Å².